The van der Waals surface area contributed by atoms with Crippen molar-refractivity contribution >= 4 is 27.4 Å². The molecular weight excluding hydrogens is 292 g/mol. The number of pyridine rings is 1. The number of nitrogens with two attached hydrogens (primary N) is 1. The summed E-state index contributed by atoms with van der Waals surface area (Å²) < 4.78 is 0.957. The molecule has 0 aromatic carbocycles. The molecule has 1 saturated carbocycles. The number of hydrogen-bond acceptors (Lipinski definition) is 4. The summed E-state index contributed by atoms with van der Waals surface area (Å²) in [6, 6.07) is 1.90. The molecule has 2 N–H and O–H groups in total. The lowest BCUT2D eigenvalue weighted by molar-refractivity contribution is 0.0681. The van der Waals surface area contributed by atoms with Gasteiger partial charge in [-0.15, -0.1) is 0 Å². The van der Waals surface area contributed by atoms with Gasteiger partial charge in [-0.05, 0) is 55.4 Å². The molecule has 0 unspecified atom stereocenters. The molecule has 0 bridgehead atoms. The highest BCUT2D eigenvalue weighted by molar-refractivity contribution is 9.10. The van der Waals surface area contributed by atoms with E-state index in [1.165, 1.54) is 19.3 Å². The van der Waals surface area contributed by atoms with Gasteiger partial charge < -0.3 is 15.5 Å². The largest absolute Gasteiger partial charge is 0.397 e. The second kappa shape index (κ2) is 5.05. The third-order valence-electron chi connectivity index (χ3n) is 3.97. The maximum Gasteiger partial charge on any atom is 0.142 e. The van der Waals surface area contributed by atoms with E-state index in [2.05, 4.69) is 51.9 Å². The summed E-state index contributed by atoms with van der Waals surface area (Å²) >= 11 is 3.53. The fourth-order valence-corrected chi connectivity index (χ4v) is 3.24. The normalized spacial score (nSPS) is 17.6. The van der Waals surface area contributed by atoms with E-state index in [9.17, 15) is 0 Å². The fraction of sp³-hybridized carbons (Fsp3) is 0.615. The summed E-state index contributed by atoms with van der Waals surface area (Å²) in [7, 11) is 6.42. The van der Waals surface area contributed by atoms with Crippen molar-refractivity contribution in [1.82, 2.24) is 9.88 Å². The van der Waals surface area contributed by atoms with Gasteiger partial charge in [-0.25, -0.2) is 4.98 Å². The lowest BCUT2D eigenvalue weighted by Crippen LogP contribution is -2.56. The molecular formula is C13H21BrN4. The highest BCUT2D eigenvalue weighted by atomic mass is 79.9. The van der Waals surface area contributed by atoms with Gasteiger partial charge in [0.05, 0.1) is 16.4 Å². The SMILES string of the molecule is CN(CC1(N(C)C)CCC1)c1ncc(N)cc1Br. The molecule has 18 heavy (non-hydrogen) atoms. The van der Waals surface area contributed by atoms with Crippen molar-refractivity contribution in [3.63, 3.8) is 0 Å². The summed E-state index contributed by atoms with van der Waals surface area (Å²) in [5.41, 5.74) is 6.71. The van der Waals surface area contributed by atoms with Crippen LogP contribution in [-0.2, 0) is 0 Å². The van der Waals surface area contributed by atoms with Crippen LogP contribution in [0.1, 0.15) is 19.3 Å². The Morgan fingerprint density at radius 3 is 2.50 bits per heavy atom. The number of halogens is 1. The first-order chi connectivity index (χ1) is 8.44. The minimum atomic E-state index is 0.303. The Morgan fingerprint density at radius 1 is 1.39 bits per heavy atom. The summed E-state index contributed by atoms with van der Waals surface area (Å²) in [5.74, 6) is 0.956. The lowest BCUT2D eigenvalue weighted by Gasteiger charge is -2.49. The zero-order valence-electron chi connectivity index (χ0n) is 11.3. The zero-order valence-corrected chi connectivity index (χ0v) is 12.9. The minimum absolute atomic E-state index is 0.303. The molecule has 100 valence electrons. The Morgan fingerprint density at radius 2 is 2.06 bits per heavy atom. The Balaban J connectivity index is 2.14. The van der Waals surface area contributed by atoms with Crippen molar-refractivity contribution in [3.8, 4) is 0 Å². The maximum absolute atomic E-state index is 5.72. The van der Waals surface area contributed by atoms with Crippen LogP contribution < -0.4 is 10.6 Å². The topological polar surface area (TPSA) is 45.4 Å². The molecule has 2 rings (SSSR count). The van der Waals surface area contributed by atoms with Crippen LogP contribution in [0, 0.1) is 0 Å². The molecule has 0 amide bonds. The Bertz CT molecular complexity index is 429. The van der Waals surface area contributed by atoms with Crippen molar-refractivity contribution in [3.05, 3.63) is 16.7 Å². The van der Waals surface area contributed by atoms with Crippen molar-refractivity contribution in [2.24, 2.45) is 0 Å². The first-order valence-electron chi connectivity index (χ1n) is 6.24. The van der Waals surface area contributed by atoms with Crippen LogP contribution in [0.5, 0.6) is 0 Å². The van der Waals surface area contributed by atoms with Crippen molar-refractivity contribution in [2.45, 2.75) is 24.8 Å². The molecule has 0 aliphatic heterocycles. The third kappa shape index (κ3) is 2.47. The van der Waals surface area contributed by atoms with Gasteiger partial charge in [0, 0.05) is 19.1 Å². The number of likely N-dealkylation sites (N-methyl/N-ethyl adjacent to an activating group) is 2. The average Bonchev–Trinajstić information content (AvgIpc) is 2.22. The van der Waals surface area contributed by atoms with Crippen LogP contribution in [0.25, 0.3) is 0 Å². The second-order valence-corrected chi connectivity index (χ2v) is 6.26. The van der Waals surface area contributed by atoms with Crippen molar-refractivity contribution in [2.75, 3.05) is 38.3 Å². The Labute approximate surface area is 117 Å². The van der Waals surface area contributed by atoms with E-state index >= 15 is 0 Å². The first-order valence-corrected chi connectivity index (χ1v) is 7.03. The number of anilines is 2. The number of nitrogen functional groups attached to an aromatic ring is 1. The van der Waals surface area contributed by atoms with Gasteiger partial charge >= 0.3 is 0 Å². The van der Waals surface area contributed by atoms with Crippen LogP contribution in [0.2, 0.25) is 0 Å². The summed E-state index contributed by atoms with van der Waals surface area (Å²) in [5, 5.41) is 0. The quantitative estimate of drug-likeness (QED) is 0.927. The molecule has 0 radical (unpaired) electrons. The molecule has 1 heterocycles. The summed E-state index contributed by atoms with van der Waals surface area (Å²) in [4.78, 5) is 8.97. The zero-order chi connectivity index (χ0) is 13.3. The van der Waals surface area contributed by atoms with Crippen LogP contribution in [0.4, 0.5) is 11.5 Å². The van der Waals surface area contributed by atoms with Crippen LogP contribution in [-0.4, -0.2) is 43.1 Å². The van der Waals surface area contributed by atoms with E-state index in [0.717, 1.165) is 16.8 Å². The van der Waals surface area contributed by atoms with Gasteiger partial charge in [0.2, 0.25) is 0 Å². The Kier molecular flexibility index (Phi) is 3.82. The molecule has 1 aliphatic rings. The standard InChI is InChI=1S/C13H21BrN4/c1-17(2)13(5-4-6-13)9-18(3)12-11(14)7-10(15)8-16-12/h7-8H,4-6,9,15H2,1-3H3. The highest BCUT2D eigenvalue weighted by Crippen LogP contribution is 2.38. The monoisotopic (exact) mass is 312 g/mol. The first kappa shape index (κ1) is 13.6. The summed E-state index contributed by atoms with van der Waals surface area (Å²) in [6.45, 7) is 0.996. The van der Waals surface area contributed by atoms with Crippen LogP contribution >= 0.6 is 15.9 Å². The molecule has 1 aromatic rings. The van der Waals surface area contributed by atoms with E-state index in [4.69, 9.17) is 5.73 Å². The van der Waals surface area contributed by atoms with Gasteiger partial charge in [0.25, 0.3) is 0 Å². The van der Waals surface area contributed by atoms with Crippen molar-refractivity contribution in [1.29, 1.82) is 0 Å². The molecule has 0 atom stereocenters. The molecule has 0 saturated heterocycles. The second-order valence-electron chi connectivity index (χ2n) is 5.40. The smallest absolute Gasteiger partial charge is 0.142 e. The number of aromatic nitrogens is 1. The minimum Gasteiger partial charge on any atom is -0.397 e. The highest BCUT2D eigenvalue weighted by Gasteiger charge is 2.40. The lowest BCUT2D eigenvalue weighted by atomic mass is 9.75. The molecule has 1 aromatic heterocycles. The maximum atomic E-state index is 5.72. The Hall–Kier alpha value is -0.810. The third-order valence-corrected chi connectivity index (χ3v) is 4.55. The molecule has 1 fully saturated rings. The molecule has 0 spiro atoms. The predicted octanol–water partition coefficient (Wildman–Crippen LogP) is 2.35. The van der Waals surface area contributed by atoms with Gasteiger partial charge in [-0.3, -0.25) is 0 Å². The van der Waals surface area contributed by atoms with E-state index in [1.807, 2.05) is 6.07 Å². The van der Waals surface area contributed by atoms with Gasteiger partial charge in [-0.2, -0.15) is 0 Å². The molecule has 1 aliphatic carbocycles. The predicted molar refractivity (Wildman–Crippen MR) is 79.9 cm³/mol. The van der Waals surface area contributed by atoms with E-state index in [0.29, 0.717) is 11.2 Å². The average molecular weight is 313 g/mol. The van der Waals surface area contributed by atoms with E-state index in [-0.39, 0.29) is 0 Å². The number of hydrogen-bond donors (Lipinski definition) is 1. The summed E-state index contributed by atoms with van der Waals surface area (Å²) in [6.07, 6.45) is 5.55. The van der Waals surface area contributed by atoms with Crippen LogP contribution in [0.3, 0.4) is 0 Å². The van der Waals surface area contributed by atoms with E-state index < -0.39 is 0 Å². The van der Waals surface area contributed by atoms with Crippen LogP contribution in [0.15, 0.2) is 16.7 Å². The molecule has 5 heteroatoms. The van der Waals surface area contributed by atoms with Crippen molar-refractivity contribution < 1.29 is 0 Å². The van der Waals surface area contributed by atoms with E-state index in [1.54, 1.807) is 6.20 Å². The number of nitrogens with zero attached hydrogens (tertiary/aromatic N) is 3. The fourth-order valence-electron chi connectivity index (χ4n) is 2.57. The van der Waals surface area contributed by atoms with Gasteiger partial charge in [-0.1, -0.05) is 0 Å². The van der Waals surface area contributed by atoms with Gasteiger partial charge in [0.15, 0.2) is 0 Å². The van der Waals surface area contributed by atoms with Gasteiger partial charge in [0.1, 0.15) is 5.82 Å². The molecule has 4 nitrogen and oxygen atoms in total. The number of rotatable bonds is 4.